The summed E-state index contributed by atoms with van der Waals surface area (Å²) in [6, 6.07) is 3.71. The van der Waals surface area contributed by atoms with Crippen molar-refractivity contribution in [2.45, 2.75) is 19.1 Å². The summed E-state index contributed by atoms with van der Waals surface area (Å²) in [5, 5.41) is 20.1. The van der Waals surface area contributed by atoms with Crippen LogP contribution in [-0.4, -0.2) is 45.6 Å². The molecule has 1 unspecified atom stereocenters. The first-order valence-corrected chi connectivity index (χ1v) is 9.59. The lowest BCUT2D eigenvalue weighted by molar-refractivity contribution is 0.219. The number of halogens is 2. The predicted molar refractivity (Wildman–Crippen MR) is 109 cm³/mol. The van der Waals surface area contributed by atoms with E-state index in [4.69, 9.17) is 14.6 Å². The number of aromatic nitrogens is 3. The number of allylic oxidation sites excluding steroid dienone is 1. The lowest BCUT2D eigenvalue weighted by Gasteiger charge is -2.18. The number of hydrogen-bond acceptors (Lipinski definition) is 6. The van der Waals surface area contributed by atoms with Crippen LogP contribution in [0.15, 0.2) is 36.8 Å². The average molecular weight is 429 g/mol. The molecule has 162 valence electrons. The van der Waals surface area contributed by atoms with Crippen molar-refractivity contribution in [2.24, 2.45) is 0 Å². The van der Waals surface area contributed by atoms with Crippen molar-refractivity contribution in [3.63, 3.8) is 0 Å². The van der Waals surface area contributed by atoms with Gasteiger partial charge in [-0.2, -0.15) is 4.98 Å². The summed E-state index contributed by atoms with van der Waals surface area (Å²) in [6.07, 6.45) is 5.93. The number of fused-ring (bicyclic) bond motifs is 1. The zero-order chi connectivity index (χ0) is 22.1. The summed E-state index contributed by atoms with van der Waals surface area (Å²) in [5.41, 5.74) is 2.69. The highest BCUT2D eigenvalue weighted by Gasteiger charge is 2.32. The van der Waals surface area contributed by atoms with Crippen LogP contribution < -0.4 is 9.47 Å². The molecule has 0 fully saturated rings. The van der Waals surface area contributed by atoms with Gasteiger partial charge in [0.15, 0.2) is 11.6 Å². The number of aliphatic hydroxyl groups excluding tert-OH is 2. The van der Waals surface area contributed by atoms with Crippen LogP contribution in [-0.2, 0) is 13.0 Å². The van der Waals surface area contributed by atoms with Gasteiger partial charge in [-0.05, 0) is 17.7 Å². The van der Waals surface area contributed by atoms with E-state index in [0.717, 1.165) is 11.1 Å². The fraction of sp³-hybridized carbons (Fsp3) is 0.273. The molecule has 1 aliphatic rings. The topological polar surface area (TPSA) is 89.6 Å². The summed E-state index contributed by atoms with van der Waals surface area (Å²) < 4.78 is 41.3. The molecule has 4 rings (SSSR count). The molecule has 2 N–H and O–H groups in total. The number of methoxy groups -OCH3 is 2. The summed E-state index contributed by atoms with van der Waals surface area (Å²) in [6.45, 7) is 0.484. The predicted octanol–water partition coefficient (Wildman–Crippen LogP) is 2.91. The van der Waals surface area contributed by atoms with Gasteiger partial charge in [-0.15, -0.1) is 0 Å². The summed E-state index contributed by atoms with van der Waals surface area (Å²) >= 11 is 0. The number of rotatable bonds is 7. The Balaban J connectivity index is 1.74. The van der Waals surface area contributed by atoms with Crippen LogP contribution in [0.5, 0.6) is 11.8 Å². The molecule has 9 heteroatoms. The molecule has 31 heavy (non-hydrogen) atoms. The van der Waals surface area contributed by atoms with E-state index in [9.17, 15) is 13.9 Å². The van der Waals surface area contributed by atoms with Crippen molar-refractivity contribution < 1.29 is 28.5 Å². The SMILES string of the molecule is COc1nc(OC)c(F)c(C(O)C2=CCc3ncc(-c4ccn(CCO)c4)cc32)c1F. The van der Waals surface area contributed by atoms with Gasteiger partial charge >= 0.3 is 0 Å². The molecule has 3 aromatic heterocycles. The molecule has 0 spiro atoms. The molecule has 1 atom stereocenters. The zero-order valence-electron chi connectivity index (χ0n) is 17.0. The highest BCUT2D eigenvalue weighted by Crippen LogP contribution is 2.42. The molecule has 0 saturated carbocycles. The van der Waals surface area contributed by atoms with E-state index in [0.29, 0.717) is 29.8 Å². The van der Waals surface area contributed by atoms with Crippen molar-refractivity contribution >= 4 is 5.57 Å². The smallest absolute Gasteiger partial charge is 0.254 e. The number of pyridine rings is 2. The molecule has 1 aliphatic carbocycles. The minimum Gasteiger partial charge on any atom is -0.479 e. The van der Waals surface area contributed by atoms with E-state index in [1.165, 1.54) is 14.2 Å². The number of hydrogen-bond donors (Lipinski definition) is 2. The molecular formula is C22H21F2N3O4. The maximum Gasteiger partial charge on any atom is 0.254 e. The molecule has 3 aromatic rings. The molecule has 7 nitrogen and oxygen atoms in total. The van der Waals surface area contributed by atoms with Crippen LogP contribution >= 0.6 is 0 Å². The molecule has 0 saturated heterocycles. The van der Waals surface area contributed by atoms with Crippen molar-refractivity contribution in [1.29, 1.82) is 0 Å². The van der Waals surface area contributed by atoms with Gasteiger partial charge in [-0.3, -0.25) is 4.98 Å². The third-order valence-corrected chi connectivity index (χ3v) is 5.24. The van der Waals surface area contributed by atoms with Crippen LogP contribution in [0.2, 0.25) is 0 Å². The van der Waals surface area contributed by atoms with E-state index in [1.807, 2.05) is 29.1 Å². The van der Waals surface area contributed by atoms with E-state index in [2.05, 4.69) is 9.97 Å². The van der Waals surface area contributed by atoms with Gasteiger partial charge in [-0.1, -0.05) is 6.08 Å². The quantitative estimate of drug-likeness (QED) is 0.600. The van der Waals surface area contributed by atoms with Crippen molar-refractivity contribution in [3.8, 4) is 22.9 Å². The Bertz CT molecular complexity index is 1130. The Morgan fingerprint density at radius 1 is 1.16 bits per heavy atom. The van der Waals surface area contributed by atoms with E-state index in [-0.39, 0.29) is 6.61 Å². The highest BCUT2D eigenvalue weighted by molar-refractivity contribution is 5.79. The standard InChI is InChI=1S/C22H21F2N3O4/c1-30-21-18(23)17(19(24)22(26-21)31-2)20(29)14-3-4-16-15(14)9-13(10-25-16)12-5-6-27(11-12)7-8-28/h3,5-6,9-11,20,28-29H,4,7-8H2,1-2H3. The van der Waals surface area contributed by atoms with Crippen LogP contribution in [0.1, 0.15) is 22.9 Å². The Labute approximate surface area is 177 Å². The normalized spacial score (nSPS) is 13.7. The second-order valence-corrected chi connectivity index (χ2v) is 7.02. The van der Waals surface area contributed by atoms with Crippen molar-refractivity contribution in [2.75, 3.05) is 20.8 Å². The number of aliphatic hydroxyl groups is 2. The minimum absolute atomic E-state index is 0.0195. The lowest BCUT2D eigenvalue weighted by atomic mass is 9.96. The first-order valence-electron chi connectivity index (χ1n) is 9.59. The van der Waals surface area contributed by atoms with Gasteiger partial charge in [0.05, 0.1) is 32.1 Å². The summed E-state index contributed by atoms with van der Waals surface area (Å²) in [4.78, 5) is 8.09. The molecule has 0 amide bonds. The molecule has 3 heterocycles. The van der Waals surface area contributed by atoms with E-state index in [1.54, 1.807) is 12.3 Å². The zero-order valence-corrected chi connectivity index (χ0v) is 17.0. The third kappa shape index (κ3) is 3.66. The Kier molecular flexibility index (Phi) is 5.71. The number of ether oxygens (including phenoxy) is 2. The first kappa shape index (κ1) is 21.0. The summed E-state index contributed by atoms with van der Waals surface area (Å²) in [5.74, 6) is -3.12. The second-order valence-electron chi connectivity index (χ2n) is 7.02. The lowest BCUT2D eigenvalue weighted by Crippen LogP contribution is -2.11. The molecular weight excluding hydrogens is 408 g/mol. The van der Waals surface area contributed by atoms with Gasteiger partial charge in [0.25, 0.3) is 11.8 Å². The molecule has 0 bridgehead atoms. The summed E-state index contributed by atoms with van der Waals surface area (Å²) in [7, 11) is 2.39. The molecule has 0 aromatic carbocycles. The van der Waals surface area contributed by atoms with Gasteiger partial charge in [0.1, 0.15) is 6.10 Å². The average Bonchev–Trinajstić information content (AvgIpc) is 3.41. The third-order valence-electron chi connectivity index (χ3n) is 5.24. The Morgan fingerprint density at radius 3 is 2.52 bits per heavy atom. The van der Waals surface area contributed by atoms with Gasteiger partial charge in [-0.25, -0.2) is 8.78 Å². The monoisotopic (exact) mass is 429 g/mol. The molecule has 0 radical (unpaired) electrons. The van der Waals surface area contributed by atoms with Crippen LogP contribution in [0.3, 0.4) is 0 Å². The molecule has 0 aliphatic heterocycles. The highest BCUT2D eigenvalue weighted by atomic mass is 19.1. The van der Waals surface area contributed by atoms with Crippen LogP contribution in [0, 0.1) is 11.6 Å². The number of nitrogens with zero attached hydrogens (tertiary/aromatic N) is 3. The van der Waals surface area contributed by atoms with Crippen molar-refractivity contribution in [3.05, 3.63) is 65.3 Å². The van der Waals surface area contributed by atoms with Gasteiger partial charge in [0.2, 0.25) is 0 Å². The van der Waals surface area contributed by atoms with Gasteiger partial charge < -0.3 is 24.3 Å². The fourth-order valence-corrected chi connectivity index (χ4v) is 3.69. The maximum atomic E-state index is 14.8. The van der Waals surface area contributed by atoms with Crippen molar-refractivity contribution in [1.82, 2.24) is 14.5 Å². The van der Waals surface area contributed by atoms with E-state index < -0.39 is 35.1 Å². The van der Waals surface area contributed by atoms with Crippen LogP contribution in [0.4, 0.5) is 8.78 Å². The Hall–Kier alpha value is -3.30. The minimum atomic E-state index is -1.61. The Morgan fingerprint density at radius 2 is 1.87 bits per heavy atom. The first-order chi connectivity index (χ1) is 15.0. The van der Waals surface area contributed by atoms with E-state index >= 15 is 0 Å². The fourth-order valence-electron chi connectivity index (χ4n) is 3.69. The van der Waals surface area contributed by atoms with Gasteiger partial charge in [0, 0.05) is 48.2 Å². The van der Waals surface area contributed by atoms with Crippen LogP contribution in [0.25, 0.3) is 16.7 Å². The largest absolute Gasteiger partial charge is 0.479 e. The maximum absolute atomic E-state index is 14.8. The second kappa shape index (κ2) is 8.44.